The largest absolute Gasteiger partial charge is 0.325 e. The molecule has 0 bridgehead atoms. The van der Waals surface area contributed by atoms with E-state index in [-0.39, 0.29) is 11.8 Å². The highest BCUT2D eigenvalue weighted by Crippen LogP contribution is 2.20. The van der Waals surface area contributed by atoms with Crippen LogP contribution in [0, 0.1) is 0 Å². The van der Waals surface area contributed by atoms with Crippen molar-refractivity contribution in [3.63, 3.8) is 0 Å². The van der Waals surface area contributed by atoms with Crippen LogP contribution >= 0.6 is 0 Å². The molecule has 1 aliphatic rings. The summed E-state index contributed by atoms with van der Waals surface area (Å²) in [5.74, 6) is -0.269. The Morgan fingerprint density at radius 1 is 1.20 bits per heavy atom. The van der Waals surface area contributed by atoms with E-state index < -0.39 is 12.1 Å². The van der Waals surface area contributed by atoms with Gasteiger partial charge >= 0.3 is 6.03 Å². The van der Waals surface area contributed by atoms with Gasteiger partial charge in [0.15, 0.2) is 0 Å². The Hall–Kier alpha value is -1.84. The van der Waals surface area contributed by atoms with Crippen LogP contribution in [0.1, 0.15) is 18.4 Å². The number of benzene rings is 1. The standard InChI is InChI=1S/C11H12N2O2/c1-7(8-5-3-2-4-6-8)9-10(14)13-11(15)12-9/h2-7,9H,1H3,(H2,12,13,14,15)/t7-,9+/m0/s1. The Balaban J connectivity index is 2.18. The highest BCUT2D eigenvalue weighted by atomic mass is 16.2. The molecule has 15 heavy (non-hydrogen) atoms. The minimum Gasteiger partial charge on any atom is -0.325 e. The summed E-state index contributed by atoms with van der Waals surface area (Å²) in [4.78, 5) is 22.4. The van der Waals surface area contributed by atoms with Gasteiger partial charge in [0, 0.05) is 5.92 Å². The van der Waals surface area contributed by atoms with Gasteiger partial charge in [0.2, 0.25) is 0 Å². The molecule has 0 aromatic heterocycles. The van der Waals surface area contributed by atoms with Crippen LogP contribution in [0.25, 0.3) is 0 Å². The maximum atomic E-state index is 11.4. The molecule has 1 aliphatic heterocycles. The first-order chi connectivity index (χ1) is 7.18. The third-order valence-electron chi connectivity index (χ3n) is 2.63. The van der Waals surface area contributed by atoms with E-state index in [2.05, 4.69) is 10.6 Å². The lowest BCUT2D eigenvalue weighted by atomic mass is 9.93. The zero-order valence-corrected chi connectivity index (χ0v) is 8.36. The molecule has 3 amide bonds. The Labute approximate surface area is 87.7 Å². The van der Waals surface area contributed by atoms with E-state index in [0.717, 1.165) is 5.56 Å². The highest BCUT2D eigenvalue weighted by molar-refractivity contribution is 6.04. The Morgan fingerprint density at radius 2 is 1.87 bits per heavy atom. The number of urea groups is 1. The molecule has 0 unspecified atom stereocenters. The van der Waals surface area contributed by atoms with E-state index >= 15 is 0 Å². The third-order valence-corrected chi connectivity index (χ3v) is 2.63. The molecular formula is C11H12N2O2. The Bertz CT molecular complexity index is 389. The number of amides is 3. The van der Waals surface area contributed by atoms with Crippen LogP contribution in [0.5, 0.6) is 0 Å². The molecular weight excluding hydrogens is 192 g/mol. The number of rotatable bonds is 2. The molecule has 0 aliphatic carbocycles. The summed E-state index contributed by atoms with van der Waals surface area (Å²) in [5.41, 5.74) is 1.04. The Morgan fingerprint density at radius 3 is 2.40 bits per heavy atom. The smallest absolute Gasteiger partial charge is 0.322 e. The quantitative estimate of drug-likeness (QED) is 0.706. The second-order valence-electron chi connectivity index (χ2n) is 3.64. The van der Waals surface area contributed by atoms with Crippen LogP contribution < -0.4 is 10.6 Å². The van der Waals surface area contributed by atoms with Gasteiger partial charge in [-0.15, -0.1) is 0 Å². The van der Waals surface area contributed by atoms with Crippen LogP contribution in [-0.2, 0) is 4.79 Å². The SMILES string of the molecule is C[C@@H](c1ccccc1)[C@H]1NC(=O)NC1=O. The molecule has 2 atom stereocenters. The fourth-order valence-electron chi connectivity index (χ4n) is 1.73. The molecule has 2 N–H and O–H groups in total. The van der Waals surface area contributed by atoms with Crippen molar-refractivity contribution < 1.29 is 9.59 Å². The van der Waals surface area contributed by atoms with Crippen LogP contribution in [0.3, 0.4) is 0 Å². The predicted molar refractivity (Wildman–Crippen MR) is 55.3 cm³/mol. The minimum absolute atomic E-state index is 0.0161. The van der Waals surface area contributed by atoms with Gasteiger partial charge in [-0.1, -0.05) is 37.3 Å². The van der Waals surface area contributed by atoms with Gasteiger partial charge < -0.3 is 5.32 Å². The van der Waals surface area contributed by atoms with Crippen LogP contribution in [0.2, 0.25) is 0 Å². The molecule has 4 nitrogen and oxygen atoms in total. The zero-order chi connectivity index (χ0) is 10.8. The molecule has 0 spiro atoms. The first-order valence-corrected chi connectivity index (χ1v) is 4.85. The van der Waals surface area contributed by atoms with Crippen molar-refractivity contribution in [1.29, 1.82) is 0 Å². The van der Waals surface area contributed by atoms with Gasteiger partial charge in [-0.3, -0.25) is 10.1 Å². The lowest BCUT2D eigenvalue weighted by Gasteiger charge is -2.16. The molecule has 1 fully saturated rings. The molecule has 1 aromatic carbocycles. The summed E-state index contributed by atoms with van der Waals surface area (Å²) in [6, 6.07) is 8.78. The van der Waals surface area contributed by atoms with Crippen LogP contribution in [-0.4, -0.2) is 18.0 Å². The molecule has 0 saturated carbocycles. The van der Waals surface area contributed by atoms with Crippen molar-refractivity contribution in [2.45, 2.75) is 18.9 Å². The van der Waals surface area contributed by atoms with Crippen LogP contribution in [0.4, 0.5) is 4.79 Å². The number of carbonyl (C=O) groups is 2. The van der Waals surface area contributed by atoms with Crippen molar-refractivity contribution in [2.24, 2.45) is 0 Å². The van der Waals surface area contributed by atoms with E-state index in [0.29, 0.717) is 0 Å². The second-order valence-corrected chi connectivity index (χ2v) is 3.64. The molecule has 78 valence electrons. The molecule has 2 rings (SSSR count). The summed E-state index contributed by atoms with van der Waals surface area (Å²) in [7, 11) is 0. The van der Waals surface area contributed by atoms with Gasteiger partial charge in [0.1, 0.15) is 6.04 Å². The minimum atomic E-state index is -0.458. The van der Waals surface area contributed by atoms with Crippen molar-refractivity contribution in [2.75, 3.05) is 0 Å². The van der Waals surface area contributed by atoms with Crippen molar-refractivity contribution >= 4 is 11.9 Å². The van der Waals surface area contributed by atoms with Gasteiger partial charge in [-0.25, -0.2) is 4.79 Å². The number of nitrogens with one attached hydrogen (secondary N) is 2. The number of carbonyl (C=O) groups excluding carboxylic acids is 2. The van der Waals surface area contributed by atoms with Crippen molar-refractivity contribution in [3.05, 3.63) is 35.9 Å². The van der Waals surface area contributed by atoms with Gasteiger partial charge in [0.25, 0.3) is 5.91 Å². The Kier molecular flexibility index (Phi) is 2.41. The van der Waals surface area contributed by atoms with Gasteiger partial charge in [0.05, 0.1) is 0 Å². The van der Waals surface area contributed by atoms with Gasteiger partial charge in [-0.05, 0) is 5.56 Å². The van der Waals surface area contributed by atoms with Crippen LogP contribution in [0.15, 0.2) is 30.3 Å². The fraction of sp³-hybridized carbons (Fsp3) is 0.273. The predicted octanol–water partition coefficient (Wildman–Crippen LogP) is 0.998. The first kappa shape index (κ1) is 9.71. The lowest BCUT2D eigenvalue weighted by molar-refractivity contribution is -0.120. The fourth-order valence-corrected chi connectivity index (χ4v) is 1.73. The van der Waals surface area contributed by atoms with Gasteiger partial charge in [-0.2, -0.15) is 0 Å². The summed E-state index contributed by atoms with van der Waals surface area (Å²) in [6.07, 6.45) is 0. The topological polar surface area (TPSA) is 58.2 Å². The molecule has 4 heteroatoms. The molecule has 1 saturated heterocycles. The lowest BCUT2D eigenvalue weighted by Crippen LogP contribution is -2.34. The summed E-state index contributed by atoms with van der Waals surface area (Å²) < 4.78 is 0. The van der Waals surface area contributed by atoms with E-state index in [9.17, 15) is 9.59 Å². The van der Waals surface area contributed by atoms with Crippen molar-refractivity contribution in [1.82, 2.24) is 10.6 Å². The third kappa shape index (κ3) is 1.83. The number of hydrogen-bond acceptors (Lipinski definition) is 2. The monoisotopic (exact) mass is 204 g/mol. The number of imide groups is 1. The normalized spacial score (nSPS) is 22.1. The molecule has 0 radical (unpaired) electrons. The average Bonchev–Trinajstić information content (AvgIpc) is 2.58. The second kappa shape index (κ2) is 3.73. The maximum absolute atomic E-state index is 11.4. The van der Waals surface area contributed by atoms with E-state index in [1.165, 1.54) is 0 Å². The summed E-state index contributed by atoms with van der Waals surface area (Å²) >= 11 is 0. The van der Waals surface area contributed by atoms with E-state index in [4.69, 9.17) is 0 Å². The van der Waals surface area contributed by atoms with E-state index in [1.807, 2.05) is 37.3 Å². The zero-order valence-electron chi connectivity index (χ0n) is 8.36. The van der Waals surface area contributed by atoms with Crippen molar-refractivity contribution in [3.8, 4) is 0 Å². The maximum Gasteiger partial charge on any atom is 0.322 e. The summed E-state index contributed by atoms with van der Waals surface area (Å²) in [5, 5.41) is 4.83. The highest BCUT2D eigenvalue weighted by Gasteiger charge is 2.34. The first-order valence-electron chi connectivity index (χ1n) is 4.85. The molecule has 1 heterocycles. The average molecular weight is 204 g/mol. The summed E-state index contributed by atoms with van der Waals surface area (Å²) in [6.45, 7) is 1.92. The molecule has 1 aromatic rings. The number of hydrogen-bond donors (Lipinski definition) is 2. The van der Waals surface area contributed by atoms with E-state index in [1.54, 1.807) is 0 Å².